The Morgan fingerprint density at radius 1 is 0.867 bits per heavy atom. The molecule has 3 amide bonds. The van der Waals surface area contributed by atoms with Crippen molar-refractivity contribution in [1.29, 1.82) is 5.26 Å². The van der Waals surface area contributed by atoms with Crippen molar-refractivity contribution in [3.8, 4) is 28.7 Å². The van der Waals surface area contributed by atoms with Crippen LogP contribution in [0.2, 0.25) is 5.02 Å². The number of carboxylic acid groups (broad SMARTS) is 1. The molecule has 60 heavy (non-hydrogen) atoms. The predicted octanol–water partition coefficient (Wildman–Crippen LogP) is 7.91. The van der Waals surface area contributed by atoms with E-state index in [-0.39, 0.29) is 25.3 Å². The second-order valence-corrected chi connectivity index (χ2v) is 15.0. The standard InChI is InChI=1S/C48H37ClN4O7/c49-38-8-4-5-31(21-38)28-59-39-19-17-34(18-20-39)44-46(55)51-40-23-36-24-42(53(27-37(36)25-43(40)60-44)47(56)35-6-2-1-3-7-35)45(54)52-41(48(57)58)22-29-9-13-32(14-10-29)33-15-11-30(26-50)12-16-33/h1-21,23,25,41-42,44H,22,24,27-28H2,(H,51,55)(H,52,54)(H,57,58)/t41-,42-,44?/m0/s1. The van der Waals surface area contributed by atoms with Crippen LogP contribution in [0.5, 0.6) is 11.5 Å². The number of halogens is 1. The fourth-order valence-electron chi connectivity index (χ4n) is 7.41. The zero-order valence-corrected chi connectivity index (χ0v) is 32.8. The largest absolute Gasteiger partial charge is 0.489 e. The van der Waals surface area contributed by atoms with Crippen LogP contribution >= 0.6 is 11.6 Å². The lowest BCUT2D eigenvalue weighted by atomic mass is 9.91. The fourth-order valence-corrected chi connectivity index (χ4v) is 7.62. The molecule has 1 unspecified atom stereocenters. The summed E-state index contributed by atoms with van der Waals surface area (Å²) in [6.45, 7) is 0.353. The van der Waals surface area contributed by atoms with Crippen LogP contribution in [-0.4, -0.2) is 45.8 Å². The maximum absolute atomic E-state index is 14.1. The number of rotatable bonds is 11. The lowest BCUT2D eigenvalue weighted by molar-refractivity contribution is -0.142. The van der Waals surface area contributed by atoms with Gasteiger partial charge >= 0.3 is 5.97 Å². The summed E-state index contributed by atoms with van der Waals surface area (Å²) in [6, 6.07) is 40.8. The number of carbonyl (C=O) groups is 4. The van der Waals surface area contributed by atoms with Crippen molar-refractivity contribution >= 4 is 41.0 Å². The van der Waals surface area contributed by atoms with Crippen LogP contribution in [0.25, 0.3) is 11.1 Å². The molecule has 0 aliphatic carbocycles. The van der Waals surface area contributed by atoms with Crippen molar-refractivity contribution in [1.82, 2.24) is 10.2 Å². The van der Waals surface area contributed by atoms with Crippen LogP contribution in [0, 0.1) is 11.3 Å². The summed E-state index contributed by atoms with van der Waals surface area (Å²) >= 11 is 6.09. The highest BCUT2D eigenvalue weighted by molar-refractivity contribution is 6.30. The fraction of sp³-hybridized carbons (Fsp3) is 0.146. The Kier molecular flexibility index (Phi) is 11.3. The monoisotopic (exact) mass is 816 g/mol. The van der Waals surface area contributed by atoms with E-state index in [1.807, 2.05) is 42.5 Å². The number of nitrogens with zero attached hydrogens (tertiary/aromatic N) is 2. The molecule has 3 N–H and O–H groups in total. The number of anilines is 1. The van der Waals surface area contributed by atoms with E-state index in [2.05, 4.69) is 16.7 Å². The molecule has 8 rings (SSSR count). The highest BCUT2D eigenvalue weighted by Gasteiger charge is 2.39. The van der Waals surface area contributed by atoms with Gasteiger partial charge in [-0.1, -0.05) is 90.5 Å². The van der Waals surface area contributed by atoms with Crippen LogP contribution in [-0.2, 0) is 40.4 Å². The second kappa shape index (κ2) is 17.2. The first kappa shape index (κ1) is 39.4. The van der Waals surface area contributed by atoms with Gasteiger partial charge in [0.2, 0.25) is 12.0 Å². The third-order valence-corrected chi connectivity index (χ3v) is 10.8. The van der Waals surface area contributed by atoms with Crippen LogP contribution in [0.15, 0.2) is 140 Å². The SMILES string of the molecule is N#Cc1ccc(-c2ccc(C[C@H](NC(=O)[C@@H]3Cc4cc5c(cc4CN3C(=O)c3ccccc3)OC(c3ccc(OCc4cccc(Cl)c4)cc3)C(=O)N5)C(=O)O)cc2)cc1. The highest BCUT2D eigenvalue weighted by Crippen LogP contribution is 2.40. The summed E-state index contributed by atoms with van der Waals surface area (Å²) in [6.07, 6.45) is -0.891. The zero-order valence-electron chi connectivity index (χ0n) is 32.0. The van der Waals surface area contributed by atoms with E-state index in [0.29, 0.717) is 56.6 Å². The molecule has 298 valence electrons. The van der Waals surface area contributed by atoms with Crippen molar-refractivity contribution in [3.05, 3.63) is 183 Å². The van der Waals surface area contributed by atoms with Crippen molar-refractivity contribution < 1.29 is 33.8 Å². The van der Waals surface area contributed by atoms with Crippen LogP contribution in [0.3, 0.4) is 0 Å². The van der Waals surface area contributed by atoms with E-state index in [0.717, 1.165) is 22.3 Å². The van der Waals surface area contributed by atoms with Gasteiger partial charge in [-0.05, 0) is 94.0 Å². The average Bonchev–Trinajstić information content (AvgIpc) is 3.27. The summed E-state index contributed by atoms with van der Waals surface area (Å²) in [7, 11) is 0. The Hall–Kier alpha value is -7.42. The number of amides is 3. The first-order valence-electron chi connectivity index (χ1n) is 19.2. The van der Waals surface area contributed by atoms with Gasteiger partial charge in [-0.15, -0.1) is 0 Å². The summed E-state index contributed by atoms with van der Waals surface area (Å²) in [4.78, 5) is 55.6. The van der Waals surface area contributed by atoms with E-state index in [9.17, 15) is 24.3 Å². The van der Waals surface area contributed by atoms with Gasteiger partial charge in [0.05, 0.1) is 17.3 Å². The molecule has 0 saturated carbocycles. The van der Waals surface area contributed by atoms with Gasteiger partial charge in [-0.3, -0.25) is 14.4 Å². The molecule has 0 aromatic heterocycles. The van der Waals surface area contributed by atoms with Crippen LogP contribution in [0.4, 0.5) is 5.69 Å². The van der Waals surface area contributed by atoms with Crippen molar-refractivity contribution in [2.75, 3.05) is 5.32 Å². The minimum absolute atomic E-state index is 0.00146. The molecular formula is C48H37ClN4O7. The molecule has 11 nitrogen and oxygen atoms in total. The minimum Gasteiger partial charge on any atom is -0.489 e. The summed E-state index contributed by atoms with van der Waals surface area (Å²) in [5.74, 6) is -1.60. The van der Waals surface area contributed by atoms with E-state index in [1.165, 1.54) is 4.90 Å². The smallest absolute Gasteiger partial charge is 0.326 e. The van der Waals surface area contributed by atoms with Gasteiger partial charge in [0.25, 0.3) is 11.8 Å². The highest BCUT2D eigenvalue weighted by atomic mass is 35.5. The van der Waals surface area contributed by atoms with Gasteiger partial charge in [-0.2, -0.15) is 5.26 Å². The lowest BCUT2D eigenvalue weighted by Gasteiger charge is -2.37. The second-order valence-electron chi connectivity index (χ2n) is 14.6. The summed E-state index contributed by atoms with van der Waals surface area (Å²) < 4.78 is 12.2. The van der Waals surface area contributed by atoms with Gasteiger partial charge in [0.15, 0.2) is 0 Å². The summed E-state index contributed by atoms with van der Waals surface area (Å²) in [5.41, 5.74) is 6.78. The molecule has 2 heterocycles. The number of ether oxygens (including phenoxy) is 2. The predicted molar refractivity (Wildman–Crippen MR) is 224 cm³/mol. The number of hydrogen-bond donors (Lipinski definition) is 3. The van der Waals surface area contributed by atoms with Crippen LogP contribution in [0.1, 0.15) is 49.8 Å². The third-order valence-electron chi connectivity index (χ3n) is 10.6. The average molecular weight is 817 g/mol. The zero-order chi connectivity index (χ0) is 41.8. The molecule has 0 bridgehead atoms. The van der Waals surface area contributed by atoms with E-state index >= 15 is 0 Å². The molecule has 12 heteroatoms. The maximum atomic E-state index is 14.1. The van der Waals surface area contributed by atoms with E-state index in [1.54, 1.807) is 97.1 Å². The quantitative estimate of drug-likeness (QED) is 0.119. The Balaban J connectivity index is 0.995. The lowest BCUT2D eigenvalue weighted by Crippen LogP contribution is -2.56. The van der Waals surface area contributed by atoms with E-state index in [4.69, 9.17) is 26.3 Å². The van der Waals surface area contributed by atoms with E-state index < -0.39 is 36.0 Å². The Labute approximate surface area is 350 Å². The molecule has 2 aliphatic rings. The number of nitrogens with one attached hydrogen (secondary N) is 2. The number of carboxylic acids is 1. The van der Waals surface area contributed by atoms with Crippen molar-refractivity contribution in [3.63, 3.8) is 0 Å². The molecule has 0 spiro atoms. The first-order chi connectivity index (χ1) is 29.1. The molecule has 6 aromatic rings. The maximum Gasteiger partial charge on any atom is 0.326 e. The molecule has 0 fully saturated rings. The molecule has 0 saturated heterocycles. The van der Waals surface area contributed by atoms with Gasteiger partial charge in [-0.25, -0.2) is 4.79 Å². The molecule has 2 aliphatic heterocycles. The molecular weight excluding hydrogens is 780 g/mol. The first-order valence-corrected chi connectivity index (χ1v) is 19.6. The topological polar surface area (TPSA) is 158 Å². The Morgan fingerprint density at radius 2 is 1.58 bits per heavy atom. The number of aliphatic carboxylic acids is 1. The van der Waals surface area contributed by atoms with Crippen molar-refractivity contribution in [2.24, 2.45) is 0 Å². The number of benzene rings is 6. The van der Waals surface area contributed by atoms with Gasteiger partial charge < -0.3 is 30.1 Å². The Bertz CT molecular complexity index is 2630. The summed E-state index contributed by atoms with van der Waals surface area (Å²) in [5, 5.41) is 25.6. The number of nitriles is 1. The number of hydrogen-bond acceptors (Lipinski definition) is 7. The molecule has 6 aromatic carbocycles. The molecule has 0 radical (unpaired) electrons. The number of carbonyl (C=O) groups excluding carboxylic acids is 3. The number of fused-ring (bicyclic) bond motifs is 2. The minimum atomic E-state index is -1.29. The van der Waals surface area contributed by atoms with Crippen molar-refractivity contribution in [2.45, 2.75) is 44.2 Å². The van der Waals surface area contributed by atoms with Crippen LogP contribution < -0.4 is 20.1 Å². The van der Waals surface area contributed by atoms with Gasteiger partial charge in [0, 0.05) is 35.5 Å². The molecule has 3 atom stereocenters. The van der Waals surface area contributed by atoms with Gasteiger partial charge in [0.1, 0.15) is 30.2 Å². The Morgan fingerprint density at radius 3 is 2.27 bits per heavy atom. The normalized spacial score (nSPS) is 15.9. The third kappa shape index (κ3) is 8.70.